The molecule has 0 atom stereocenters. The van der Waals surface area contributed by atoms with Crippen LogP contribution in [-0.2, 0) is 13.1 Å². The van der Waals surface area contributed by atoms with Crippen LogP contribution in [-0.4, -0.2) is 25.6 Å². The molecule has 4 nitrogen and oxygen atoms in total. The Balaban J connectivity index is 2.24. The zero-order valence-corrected chi connectivity index (χ0v) is 8.48. The lowest BCUT2D eigenvalue weighted by molar-refractivity contribution is 0.368. The van der Waals surface area contributed by atoms with Crippen molar-refractivity contribution in [3.05, 3.63) is 11.6 Å². The van der Waals surface area contributed by atoms with Crippen LogP contribution >= 0.6 is 22.6 Å². The predicted molar refractivity (Wildman–Crippen MR) is 51.7 cm³/mol. The van der Waals surface area contributed by atoms with Crippen molar-refractivity contribution < 1.29 is 0 Å². The third kappa shape index (κ3) is 1.34. The molecule has 0 radical (unpaired) electrons. The monoisotopic (exact) mass is 202 g/mol. The van der Waals surface area contributed by atoms with Crippen molar-refractivity contribution in [1.29, 1.82) is 0 Å². The molecule has 0 N–H and O–H groups in total. The molecule has 0 saturated carbocycles. The van der Waals surface area contributed by atoms with Crippen molar-refractivity contribution in [1.82, 2.24) is 19.1 Å². The minimum absolute atomic E-state index is 0.842. The molecule has 1 aliphatic rings. The Hall–Kier alpha value is -0.200. The molecule has 0 aliphatic carbocycles. The van der Waals surface area contributed by atoms with Gasteiger partial charge in [0.2, 0.25) is 0 Å². The van der Waals surface area contributed by atoms with E-state index in [4.69, 9.17) is 0 Å². The number of aromatic nitrogens is 3. The van der Waals surface area contributed by atoms with Gasteiger partial charge in [0.15, 0.2) is 0 Å². The summed E-state index contributed by atoms with van der Waals surface area (Å²) in [6, 6.07) is 0. The van der Waals surface area contributed by atoms with Crippen LogP contribution in [0.1, 0.15) is 11.6 Å². The third-order valence-corrected chi connectivity index (χ3v) is 3.25. The van der Waals surface area contributed by atoms with Crippen LogP contribution in [0, 0.1) is 6.92 Å². The molecule has 0 fully saturated rings. The Morgan fingerprint density at radius 1 is 1.42 bits per heavy atom. The molecule has 2 heterocycles. The second-order valence-electron chi connectivity index (χ2n) is 2.76. The number of hydrogen-bond donors (Lipinski definition) is 1. The van der Waals surface area contributed by atoms with Crippen molar-refractivity contribution in [2.45, 2.75) is 20.0 Å². The quantitative estimate of drug-likeness (QED) is 0.417. The van der Waals surface area contributed by atoms with Crippen molar-refractivity contribution in [2.75, 3.05) is 6.54 Å². The van der Waals surface area contributed by atoms with Crippen LogP contribution in [0.4, 0.5) is 0 Å². The van der Waals surface area contributed by atoms with Crippen LogP contribution in [0.25, 0.3) is 0 Å². The zero-order chi connectivity index (χ0) is 8.55. The molecular formula is C6H10N4S2. The molecular weight excluding hydrogens is 192 g/mol. The van der Waals surface area contributed by atoms with Gasteiger partial charge in [0.25, 0.3) is 0 Å². The summed E-state index contributed by atoms with van der Waals surface area (Å²) in [4.78, 5) is 0. The van der Waals surface area contributed by atoms with Gasteiger partial charge in [-0.05, 0) is 17.9 Å². The van der Waals surface area contributed by atoms with Gasteiger partial charge in [-0.25, -0.2) is 4.31 Å². The summed E-state index contributed by atoms with van der Waals surface area (Å²) < 4.78 is 4.31. The average Bonchev–Trinajstić information content (AvgIpc) is 2.47. The lowest BCUT2D eigenvalue weighted by Gasteiger charge is -2.23. The first-order chi connectivity index (χ1) is 5.81. The standard InChI is InChI=1S/C6H10N4S2/c1-5-7-8-6-4-9(12-11)2-3-10(5)6/h11H,2-4H2,1H3. The van der Waals surface area contributed by atoms with Crippen LogP contribution in [0.2, 0.25) is 0 Å². The van der Waals surface area contributed by atoms with Gasteiger partial charge in [-0.15, -0.1) is 10.2 Å². The van der Waals surface area contributed by atoms with E-state index in [1.165, 1.54) is 11.0 Å². The van der Waals surface area contributed by atoms with E-state index in [0.717, 1.165) is 31.3 Å². The van der Waals surface area contributed by atoms with Crippen LogP contribution in [0.15, 0.2) is 0 Å². The van der Waals surface area contributed by atoms with E-state index < -0.39 is 0 Å². The molecule has 0 bridgehead atoms. The summed E-state index contributed by atoms with van der Waals surface area (Å²) in [6.07, 6.45) is 0. The van der Waals surface area contributed by atoms with Gasteiger partial charge in [0.1, 0.15) is 11.6 Å². The predicted octanol–water partition coefficient (Wildman–Crippen LogP) is 0.895. The number of aryl methyl sites for hydroxylation is 1. The Bertz CT molecular complexity index is 285. The second kappa shape index (κ2) is 3.27. The smallest absolute Gasteiger partial charge is 0.148 e. The molecule has 0 spiro atoms. The van der Waals surface area contributed by atoms with Gasteiger partial charge in [-0.2, -0.15) is 0 Å². The molecule has 0 unspecified atom stereocenters. The van der Waals surface area contributed by atoms with Gasteiger partial charge >= 0.3 is 0 Å². The molecule has 0 amide bonds. The zero-order valence-electron chi connectivity index (χ0n) is 6.77. The fourth-order valence-electron chi connectivity index (χ4n) is 1.35. The second-order valence-corrected chi connectivity index (χ2v) is 3.93. The van der Waals surface area contributed by atoms with Crippen molar-refractivity contribution in [2.24, 2.45) is 0 Å². The van der Waals surface area contributed by atoms with Gasteiger partial charge in [0, 0.05) is 13.1 Å². The van der Waals surface area contributed by atoms with E-state index in [0.29, 0.717) is 0 Å². The fourth-order valence-corrected chi connectivity index (χ4v) is 2.11. The van der Waals surface area contributed by atoms with E-state index in [1.807, 2.05) is 6.92 Å². The molecule has 1 aromatic heterocycles. The van der Waals surface area contributed by atoms with Gasteiger partial charge in [-0.3, -0.25) is 0 Å². The van der Waals surface area contributed by atoms with Gasteiger partial charge in [0.05, 0.1) is 6.54 Å². The highest BCUT2D eigenvalue weighted by atomic mass is 33.1. The Morgan fingerprint density at radius 2 is 2.25 bits per heavy atom. The summed E-state index contributed by atoms with van der Waals surface area (Å²) >= 11 is 4.15. The number of hydrogen-bond acceptors (Lipinski definition) is 5. The topological polar surface area (TPSA) is 34.0 Å². The SMILES string of the molecule is Cc1nnc2n1CCN(SS)C2. The summed E-state index contributed by atoms with van der Waals surface area (Å²) in [5.74, 6) is 2.05. The summed E-state index contributed by atoms with van der Waals surface area (Å²) in [7, 11) is 1.47. The highest BCUT2D eigenvalue weighted by molar-refractivity contribution is 8.67. The minimum atomic E-state index is 0.842. The normalized spacial score (nSPS) is 17.8. The number of nitrogens with zero attached hydrogens (tertiary/aromatic N) is 4. The largest absolute Gasteiger partial charge is 0.313 e. The van der Waals surface area contributed by atoms with Gasteiger partial charge in [-0.1, -0.05) is 11.7 Å². The summed E-state index contributed by atoms with van der Waals surface area (Å²) in [6.45, 7) is 4.82. The minimum Gasteiger partial charge on any atom is -0.313 e. The van der Waals surface area contributed by atoms with E-state index in [9.17, 15) is 0 Å². The first kappa shape index (κ1) is 8.40. The summed E-state index contributed by atoms with van der Waals surface area (Å²) in [5, 5.41) is 8.10. The molecule has 66 valence electrons. The molecule has 6 heteroatoms. The van der Waals surface area contributed by atoms with Crippen molar-refractivity contribution in [3.63, 3.8) is 0 Å². The van der Waals surface area contributed by atoms with Crippen LogP contribution < -0.4 is 0 Å². The molecule has 12 heavy (non-hydrogen) atoms. The maximum Gasteiger partial charge on any atom is 0.148 e. The van der Waals surface area contributed by atoms with Crippen LogP contribution in [0.3, 0.4) is 0 Å². The summed E-state index contributed by atoms with van der Waals surface area (Å²) in [5.41, 5.74) is 0. The first-order valence-electron chi connectivity index (χ1n) is 3.76. The van der Waals surface area contributed by atoms with E-state index >= 15 is 0 Å². The first-order valence-corrected chi connectivity index (χ1v) is 5.59. The van der Waals surface area contributed by atoms with E-state index in [2.05, 4.69) is 30.7 Å². The Kier molecular flexibility index (Phi) is 2.29. The maximum absolute atomic E-state index is 4.15. The Labute approximate surface area is 80.3 Å². The van der Waals surface area contributed by atoms with Gasteiger partial charge < -0.3 is 4.57 Å². The lowest BCUT2D eigenvalue weighted by atomic mass is 10.4. The molecule has 0 saturated heterocycles. The lowest BCUT2D eigenvalue weighted by Crippen LogP contribution is -2.28. The number of rotatable bonds is 1. The number of fused-ring (bicyclic) bond motifs is 1. The fraction of sp³-hybridized carbons (Fsp3) is 0.667. The Morgan fingerprint density at radius 3 is 3.00 bits per heavy atom. The average molecular weight is 202 g/mol. The maximum atomic E-state index is 4.15. The third-order valence-electron chi connectivity index (χ3n) is 2.02. The van der Waals surface area contributed by atoms with Crippen LogP contribution in [0.5, 0.6) is 0 Å². The highest BCUT2D eigenvalue weighted by Gasteiger charge is 2.18. The van der Waals surface area contributed by atoms with E-state index in [-0.39, 0.29) is 0 Å². The van der Waals surface area contributed by atoms with E-state index in [1.54, 1.807) is 0 Å². The molecule has 0 aromatic carbocycles. The van der Waals surface area contributed by atoms with Crippen molar-refractivity contribution in [3.8, 4) is 0 Å². The molecule has 1 aliphatic heterocycles. The number of thiol groups is 1. The highest BCUT2D eigenvalue weighted by Crippen LogP contribution is 2.21. The van der Waals surface area contributed by atoms with Crippen molar-refractivity contribution >= 4 is 22.6 Å². The molecule has 2 rings (SSSR count). The molecule has 1 aromatic rings.